The van der Waals surface area contributed by atoms with E-state index in [1.54, 1.807) is 24.3 Å². The first-order valence-corrected chi connectivity index (χ1v) is 8.22. The number of benzene rings is 1. The molecule has 2 atom stereocenters. The SMILES string of the molecule is O=S(=O)(NC1CCCCC1O)c1cccc(Br)c1. The molecule has 1 aliphatic rings. The molecule has 1 aromatic carbocycles. The zero-order valence-electron chi connectivity index (χ0n) is 9.84. The van der Waals surface area contributed by atoms with E-state index in [2.05, 4.69) is 20.7 Å². The van der Waals surface area contributed by atoms with E-state index < -0.39 is 16.1 Å². The van der Waals surface area contributed by atoms with Crippen LogP contribution in [0.4, 0.5) is 0 Å². The minimum absolute atomic E-state index is 0.217. The summed E-state index contributed by atoms with van der Waals surface area (Å²) in [7, 11) is -3.56. The van der Waals surface area contributed by atoms with Crippen molar-refractivity contribution in [3.05, 3.63) is 28.7 Å². The topological polar surface area (TPSA) is 66.4 Å². The van der Waals surface area contributed by atoms with Gasteiger partial charge in [0.2, 0.25) is 10.0 Å². The van der Waals surface area contributed by atoms with Crippen molar-refractivity contribution < 1.29 is 13.5 Å². The first-order valence-electron chi connectivity index (χ1n) is 5.95. The number of halogens is 1. The average Bonchev–Trinajstić information content (AvgIpc) is 2.32. The Morgan fingerprint density at radius 3 is 2.67 bits per heavy atom. The van der Waals surface area contributed by atoms with E-state index in [1.165, 1.54) is 0 Å². The quantitative estimate of drug-likeness (QED) is 0.889. The molecule has 1 fully saturated rings. The standard InChI is InChI=1S/C12H16BrNO3S/c13-9-4-3-5-10(8-9)18(16,17)14-11-6-1-2-7-12(11)15/h3-5,8,11-12,14-15H,1-2,6-7H2. The predicted molar refractivity (Wildman–Crippen MR) is 72.7 cm³/mol. The third-order valence-electron chi connectivity index (χ3n) is 3.14. The summed E-state index contributed by atoms with van der Waals surface area (Å²) in [6, 6.07) is 6.17. The monoisotopic (exact) mass is 333 g/mol. The number of hydrogen-bond acceptors (Lipinski definition) is 3. The number of aliphatic hydroxyl groups excluding tert-OH is 1. The van der Waals surface area contributed by atoms with E-state index >= 15 is 0 Å². The van der Waals surface area contributed by atoms with E-state index in [9.17, 15) is 13.5 Å². The molecule has 1 aromatic rings. The maximum absolute atomic E-state index is 12.2. The van der Waals surface area contributed by atoms with Crippen molar-refractivity contribution in [2.24, 2.45) is 0 Å². The van der Waals surface area contributed by atoms with Gasteiger partial charge in [-0.15, -0.1) is 0 Å². The molecule has 2 N–H and O–H groups in total. The summed E-state index contributed by atoms with van der Waals surface area (Å²) in [5, 5.41) is 9.80. The summed E-state index contributed by atoms with van der Waals surface area (Å²) >= 11 is 3.25. The summed E-state index contributed by atoms with van der Waals surface area (Å²) in [5.74, 6) is 0. The molecule has 18 heavy (non-hydrogen) atoms. The molecule has 4 nitrogen and oxygen atoms in total. The number of rotatable bonds is 3. The molecule has 2 unspecified atom stereocenters. The fourth-order valence-corrected chi connectivity index (χ4v) is 4.05. The third kappa shape index (κ3) is 3.32. The lowest BCUT2D eigenvalue weighted by molar-refractivity contribution is 0.101. The van der Waals surface area contributed by atoms with Gasteiger partial charge in [-0.2, -0.15) is 0 Å². The zero-order valence-corrected chi connectivity index (χ0v) is 12.2. The van der Waals surface area contributed by atoms with Crippen LogP contribution < -0.4 is 4.72 Å². The van der Waals surface area contributed by atoms with Crippen molar-refractivity contribution in [3.8, 4) is 0 Å². The van der Waals surface area contributed by atoms with Gasteiger partial charge < -0.3 is 5.11 Å². The Hall–Kier alpha value is -0.430. The van der Waals surface area contributed by atoms with Gasteiger partial charge in [-0.1, -0.05) is 34.8 Å². The molecule has 0 aliphatic heterocycles. The van der Waals surface area contributed by atoms with Gasteiger partial charge in [0, 0.05) is 10.5 Å². The second-order valence-corrected chi connectivity index (χ2v) is 7.17. The van der Waals surface area contributed by atoms with E-state index in [0.717, 1.165) is 17.3 Å². The highest BCUT2D eigenvalue weighted by Gasteiger charge is 2.28. The van der Waals surface area contributed by atoms with E-state index in [4.69, 9.17) is 0 Å². The van der Waals surface area contributed by atoms with Crippen LogP contribution in [0, 0.1) is 0 Å². The fraction of sp³-hybridized carbons (Fsp3) is 0.500. The molecular weight excluding hydrogens is 318 g/mol. The maximum atomic E-state index is 12.2. The molecular formula is C12H16BrNO3S. The van der Waals surface area contributed by atoms with E-state index in [-0.39, 0.29) is 10.9 Å². The summed E-state index contributed by atoms with van der Waals surface area (Å²) in [6.45, 7) is 0. The highest BCUT2D eigenvalue weighted by Crippen LogP contribution is 2.21. The second kappa shape index (κ2) is 5.69. The van der Waals surface area contributed by atoms with Gasteiger partial charge in [0.1, 0.15) is 0 Å². The van der Waals surface area contributed by atoms with Crippen molar-refractivity contribution in [1.29, 1.82) is 0 Å². The van der Waals surface area contributed by atoms with Gasteiger partial charge in [-0.3, -0.25) is 0 Å². The molecule has 6 heteroatoms. The molecule has 2 rings (SSSR count). The van der Waals surface area contributed by atoms with E-state index in [0.29, 0.717) is 12.8 Å². The molecule has 0 bridgehead atoms. The lowest BCUT2D eigenvalue weighted by Gasteiger charge is -2.28. The molecule has 1 aliphatic carbocycles. The van der Waals surface area contributed by atoms with Crippen molar-refractivity contribution in [2.75, 3.05) is 0 Å². The Balaban J connectivity index is 2.16. The molecule has 0 saturated heterocycles. The first-order chi connectivity index (χ1) is 8.49. The van der Waals surface area contributed by atoms with Gasteiger partial charge in [-0.05, 0) is 31.0 Å². The number of hydrogen-bond donors (Lipinski definition) is 2. The van der Waals surface area contributed by atoms with Gasteiger partial charge in [0.05, 0.1) is 11.0 Å². The third-order valence-corrected chi connectivity index (χ3v) is 5.12. The van der Waals surface area contributed by atoms with Gasteiger partial charge in [-0.25, -0.2) is 13.1 Å². The van der Waals surface area contributed by atoms with Crippen LogP contribution in [0.15, 0.2) is 33.6 Å². The lowest BCUT2D eigenvalue weighted by Crippen LogP contribution is -2.44. The molecule has 0 radical (unpaired) electrons. The summed E-state index contributed by atoms with van der Waals surface area (Å²) in [5.41, 5.74) is 0. The average molecular weight is 334 g/mol. The summed E-state index contributed by atoms with van der Waals surface area (Å²) in [4.78, 5) is 0.217. The lowest BCUT2D eigenvalue weighted by atomic mass is 9.93. The van der Waals surface area contributed by atoms with Gasteiger partial charge in [0.15, 0.2) is 0 Å². The van der Waals surface area contributed by atoms with Crippen LogP contribution in [0.5, 0.6) is 0 Å². The van der Waals surface area contributed by atoms with Gasteiger partial charge in [0.25, 0.3) is 0 Å². The Kier molecular flexibility index (Phi) is 4.42. The zero-order chi connectivity index (χ0) is 13.2. The van der Waals surface area contributed by atoms with Crippen LogP contribution in [-0.2, 0) is 10.0 Å². The van der Waals surface area contributed by atoms with Crippen LogP contribution >= 0.6 is 15.9 Å². The smallest absolute Gasteiger partial charge is 0.240 e. The first kappa shape index (κ1) is 14.0. The summed E-state index contributed by atoms with van der Waals surface area (Å²) < 4.78 is 27.6. The van der Waals surface area contributed by atoms with E-state index in [1.807, 2.05) is 0 Å². The number of sulfonamides is 1. The number of aliphatic hydroxyl groups is 1. The Bertz CT molecular complexity index is 518. The molecule has 0 heterocycles. The maximum Gasteiger partial charge on any atom is 0.240 e. The van der Waals surface area contributed by atoms with Crippen molar-refractivity contribution >= 4 is 26.0 Å². The molecule has 0 amide bonds. The van der Waals surface area contributed by atoms with Crippen LogP contribution in [-0.4, -0.2) is 25.7 Å². The predicted octanol–water partition coefficient (Wildman–Crippen LogP) is 2.03. The highest BCUT2D eigenvalue weighted by atomic mass is 79.9. The molecule has 100 valence electrons. The van der Waals surface area contributed by atoms with Crippen LogP contribution in [0.1, 0.15) is 25.7 Å². The van der Waals surface area contributed by atoms with Crippen LogP contribution in [0.25, 0.3) is 0 Å². The normalized spacial score (nSPS) is 25.0. The highest BCUT2D eigenvalue weighted by molar-refractivity contribution is 9.10. The second-order valence-electron chi connectivity index (χ2n) is 4.54. The van der Waals surface area contributed by atoms with Crippen LogP contribution in [0.2, 0.25) is 0 Å². The largest absolute Gasteiger partial charge is 0.391 e. The Labute approximate surface area is 116 Å². The molecule has 0 spiro atoms. The van der Waals surface area contributed by atoms with Crippen LogP contribution in [0.3, 0.4) is 0 Å². The van der Waals surface area contributed by atoms with Crippen molar-refractivity contribution in [1.82, 2.24) is 4.72 Å². The Morgan fingerprint density at radius 2 is 2.00 bits per heavy atom. The molecule has 1 saturated carbocycles. The minimum atomic E-state index is -3.56. The number of nitrogens with one attached hydrogen (secondary N) is 1. The fourth-order valence-electron chi connectivity index (χ4n) is 2.15. The van der Waals surface area contributed by atoms with Gasteiger partial charge >= 0.3 is 0 Å². The van der Waals surface area contributed by atoms with Crippen molar-refractivity contribution in [3.63, 3.8) is 0 Å². The minimum Gasteiger partial charge on any atom is -0.391 e. The Morgan fingerprint density at radius 1 is 1.28 bits per heavy atom. The molecule has 0 aromatic heterocycles. The summed E-state index contributed by atoms with van der Waals surface area (Å²) in [6.07, 6.45) is 2.67. The van der Waals surface area contributed by atoms with Crippen molar-refractivity contribution in [2.45, 2.75) is 42.7 Å².